The smallest absolute Gasteiger partial charge is 0.269 e. The number of carbonyl (C=O) groups is 1. The molecular weight excluding hydrogens is 306 g/mol. The summed E-state index contributed by atoms with van der Waals surface area (Å²) in [5.41, 5.74) is 2.01. The van der Waals surface area contributed by atoms with Gasteiger partial charge in [0, 0.05) is 43.0 Å². The van der Waals surface area contributed by atoms with Crippen molar-refractivity contribution in [3.63, 3.8) is 0 Å². The molecule has 2 atom stereocenters. The van der Waals surface area contributed by atoms with Crippen LogP contribution in [0.1, 0.15) is 37.6 Å². The van der Waals surface area contributed by atoms with Crippen molar-refractivity contribution in [2.24, 2.45) is 5.92 Å². The fraction of sp³-hybridized carbons (Fsp3) is 0.389. The van der Waals surface area contributed by atoms with Gasteiger partial charge in [-0.2, -0.15) is 0 Å². The van der Waals surface area contributed by atoms with E-state index in [1.54, 1.807) is 12.1 Å². The van der Waals surface area contributed by atoms with Crippen LogP contribution in [0.15, 0.2) is 42.6 Å². The molecule has 0 saturated carbocycles. The van der Waals surface area contributed by atoms with Gasteiger partial charge in [-0.15, -0.1) is 0 Å². The maximum Gasteiger partial charge on any atom is 0.269 e. The molecule has 0 fully saturated rings. The Morgan fingerprint density at radius 2 is 2.00 bits per heavy atom. The molecule has 0 saturated heterocycles. The van der Waals surface area contributed by atoms with Crippen LogP contribution in [-0.4, -0.2) is 26.8 Å². The molecule has 3 rings (SSSR count). The molecule has 0 bridgehead atoms. The van der Waals surface area contributed by atoms with E-state index in [1.807, 2.05) is 37.1 Å². The van der Waals surface area contributed by atoms with E-state index in [1.165, 1.54) is 12.1 Å². The van der Waals surface area contributed by atoms with E-state index in [-0.39, 0.29) is 23.6 Å². The summed E-state index contributed by atoms with van der Waals surface area (Å²) in [6.45, 7) is 5.37. The number of fused-ring (bicyclic) bond motifs is 1. The molecule has 1 aliphatic heterocycles. The van der Waals surface area contributed by atoms with E-state index < -0.39 is 4.92 Å². The average molecular weight is 327 g/mol. The number of rotatable bonds is 4. The standard InChI is InChI=1S/C18H21N3O3/c1-3-13(2)18(22)20-12-11-19-10-4-5-16(19)17(20)14-6-8-15(9-7-14)21(23)24/h4-10,13,17H,3,11-12H2,1-2H3/t13-,17+/m0/s1. The van der Waals surface area contributed by atoms with E-state index in [4.69, 9.17) is 0 Å². The molecule has 1 aromatic heterocycles. The number of aromatic nitrogens is 1. The van der Waals surface area contributed by atoms with Gasteiger partial charge in [-0.25, -0.2) is 0 Å². The number of hydrogen-bond acceptors (Lipinski definition) is 3. The second-order valence-corrected chi connectivity index (χ2v) is 6.22. The topological polar surface area (TPSA) is 68.4 Å². The minimum absolute atomic E-state index is 0.0351. The first-order valence-electron chi connectivity index (χ1n) is 8.22. The van der Waals surface area contributed by atoms with Gasteiger partial charge in [0.1, 0.15) is 0 Å². The first-order chi connectivity index (χ1) is 11.5. The van der Waals surface area contributed by atoms with Gasteiger partial charge in [-0.05, 0) is 36.2 Å². The largest absolute Gasteiger partial charge is 0.348 e. The molecule has 2 aromatic rings. The van der Waals surface area contributed by atoms with Crippen molar-refractivity contribution in [2.45, 2.75) is 32.9 Å². The van der Waals surface area contributed by atoms with Gasteiger partial charge in [-0.1, -0.05) is 13.8 Å². The number of nitro benzene ring substituents is 1. The van der Waals surface area contributed by atoms with Gasteiger partial charge in [0.25, 0.3) is 5.69 Å². The normalized spacial score (nSPS) is 18.1. The zero-order valence-corrected chi connectivity index (χ0v) is 13.9. The average Bonchev–Trinajstić information content (AvgIpc) is 3.08. The number of hydrogen-bond donors (Lipinski definition) is 0. The van der Waals surface area contributed by atoms with Crippen LogP contribution in [0.3, 0.4) is 0 Å². The maximum absolute atomic E-state index is 12.8. The highest BCUT2D eigenvalue weighted by atomic mass is 16.6. The van der Waals surface area contributed by atoms with Crippen LogP contribution in [0.5, 0.6) is 0 Å². The Balaban J connectivity index is 2.01. The summed E-state index contributed by atoms with van der Waals surface area (Å²) in [4.78, 5) is 25.2. The third-order valence-electron chi connectivity index (χ3n) is 4.77. The van der Waals surface area contributed by atoms with Crippen LogP contribution in [0.2, 0.25) is 0 Å². The van der Waals surface area contributed by atoms with Crippen molar-refractivity contribution in [1.29, 1.82) is 0 Å². The molecule has 0 aliphatic carbocycles. The Kier molecular flexibility index (Phi) is 4.38. The number of nitro groups is 1. The van der Waals surface area contributed by atoms with Crippen molar-refractivity contribution < 1.29 is 9.72 Å². The highest BCUT2D eigenvalue weighted by Crippen LogP contribution is 2.34. The molecule has 0 N–H and O–H groups in total. The van der Waals surface area contributed by atoms with Crippen molar-refractivity contribution in [2.75, 3.05) is 6.54 Å². The lowest BCUT2D eigenvalue weighted by Gasteiger charge is -2.38. The lowest BCUT2D eigenvalue weighted by atomic mass is 9.97. The lowest BCUT2D eigenvalue weighted by molar-refractivity contribution is -0.384. The van der Waals surface area contributed by atoms with Crippen LogP contribution < -0.4 is 0 Å². The Morgan fingerprint density at radius 1 is 1.29 bits per heavy atom. The Morgan fingerprint density at radius 3 is 2.62 bits per heavy atom. The number of benzene rings is 1. The summed E-state index contributed by atoms with van der Waals surface area (Å²) >= 11 is 0. The second kappa shape index (κ2) is 6.47. The van der Waals surface area contributed by atoms with Gasteiger partial charge in [0.2, 0.25) is 5.91 Å². The lowest BCUT2D eigenvalue weighted by Crippen LogP contribution is -2.44. The number of carbonyl (C=O) groups excluding carboxylic acids is 1. The van der Waals surface area contributed by atoms with Crippen LogP contribution >= 0.6 is 0 Å². The van der Waals surface area contributed by atoms with Crippen LogP contribution in [0.25, 0.3) is 0 Å². The van der Waals surface area contributed by atoms with Crippen molar-refractivity contribution in [3.8, 4) is 0 Å². The molecule has 24 heavy (non-hydrogen) atoms. The fourth-order valence-corrected chi connectivity index (χ4v) is 3.21. The summed E-state index contributed by atoms with van der Waals surface area (Å²) in [5, 5.41) is 10.9. The molecule has 1 aromatic carbocycles. The predicted octanol–water partition coefficient (Wildman–Crippen LogP) is 3.37. The summed E-state index contributed by atoms with van der Waals surface area (Å²) in [5.74, 6) is 0.0976. The Bertz CT molecular complexity index is 751. The highest BCUT2D eigenvalue weighted by Gasteiger charge is 2.33. The van der Waals surface area contributed by atoms with Crippen molar-refractivity contribution in [3.05, 3.63) is 64.0 Å². The SMILES string of the molecule is CC[C@H](C)C(=O)N1CCn2cccc2[C@H]1c1ccc([N+](=O)[O-])cc1. The van der Waals surface area contributed by atoms with Crippen LogP contribution in [-0.2, 0) is 11.3 Å². The third-order valence-corrected chi connectivity index (χ3v) is 4.77. The van der Waals surface area contributed by atoms with Crippen LogP contribution in [0, 0.1) is 16.0 Å². The number of non-ortho nitro benzene ring substituents is 1. The second-order valence-electron chi connectivity index (χ2n) is 6.22. The highest BCUT2D eigenvalue weighted by molar-refractivity contribution is 5.79. The van der Waals surface area contributed by atoms with Gasteiger partial charge in [0.05, 0.1) is 11.0 Å². The van der Waals surface area contributed by atoms with Crippen LogP contribution in [0.4, 0.5) is 5.69 Å². The molecule has 126 valence electrons. The zero-order chi connectivity index (χ0) is 17.3. The molecule has 1 amide bonds. The van der Waals surface area contributed by atoms with Gasteiger partial charge in [-0.3, -0.25) is 14.9 Å². The first kappa shape index (κ1) is 16.2. The number of nitrogens with zero attached hydrogens (tertiary/aromatic N) is 3. The minimum Gasteiger partial charge on any atom is -0.348 e. The monoisotopic (exact) mass is 327 g/mol. The maximum atomic E-state index is 12.8. The van der Waals surface area contributed by atoms with Gasteiger partial charge in [0.15, 0.2) is 0 Å². The summed E-state index contributed by atoms with van der Waals surface area (Å²) < 4.78 is 2.15. The van der Waals surface area contributed by atoms with Crippen molar-refractivity contribution >= 4 is 11.6 Å². The molecule has 1 aliphatic rings. The molecule has 0 radical (unpaired) electrons. The first-order valence-corrected chi connectivity index (χ1v) is 8.22. The third kappa shape index (κ3) is 2.79. The Labute approximate surface area is 140 Å². The van der Waals surface area contributed by atoms with E-state index in [2.05, 4.69) is 4.57 Å². The van der Waals surface area contributed by atoms with E-state index in [0.29, 0.717) is 6.54 Å². The summed E-state index contributed by atoms with van der Waals surface area (Å²) in [6.07, 6.45) is 2.81. The molecule has 0 unspecified atom stereocenters. The van der Waals surface area contributed by atoms with E-state index in [0.717, 1.165) is 24.2 Å². The van der Waals surface area contributed by atoms with E-state index in [9.17, 15) is 14.9 Å². The molecule has 6 heteroatoms. The molecule has 6 nitrogen and oxygen atoms in total. The molecule has 2 heterocycles. The van der Waals surface area contributed by atoms with Gasteiger partial charge >= 0.3 is 0 Å². The Hall–Kier alpha value is -2.63. The zero-order valence-electron chi connectivity index (χ0n) is 13.9. The molecule has 0 spiro atoms. The van der Waals surface area contributed by atoms with E-state index >= 15 is 0 Å². The van der Waals surface area contributed by atoms with Crippen molar-refractivity contribution in [1.82, 2.24) is 9.47 Å². The minimum atomic E-state index is -0.407. The molecular formula is C18H21N3O3. The predicted molar refractivity (Wildman–Crippen MR) is 90.5 cm³/mol. The van der Waals surface area contributed by atoms with Gasteiger partial charge < -0.3 is 9.47 Å². The quantitative estimate of drug-likeness (QED) is 0.638. The summed E-state index contributed by atoms with van der Waals surface area (Å²) in [6, 6.07) is 10.3. The fourth-order valence-electron chi connectivity index (χ4n) is 3.21. The number of amides is 1. The summed E-state index contributed by atoms with van der Waals surface area (Å²) in [7, 11) is 0.